The fourth-order valence-electron chi connectivity index (χ4n) is 1.46. The fraction of sp³-hybridized carbons (Fsp3) is 0.200. The normalized spacial score (nSPS) is 20.6. The van der Waals surface area contributed by atoms with Gasteiger partial charge in [0, 0.05) is 6.20 Å². The number of hydrogen-bond acceptors (Lipinski definition) is 1. The predicted molar refractivity (Wildman–Crippen MR) is 51.1 cm³/mol. The van der Waals surface area contributed by atoms with Crippen LogP contribution in [0.5, 0.6) is 0 Å². The third-order valence-corrected chi connectivity index (χ3v) is 2.10. The van der Waals surface area contributed by atoms with Gasteiger partial charge in [-0.05, 0) is 23.3 Å². The number of allylic oxidation sites excluding steroid dienone is 2. The molecule has 0 saturated carbocycles. The van der Waals surface area contributed by atoms with E-state index in [1.807, 2.05) is 18.3 Å². The Kier molecular flexibility index (Phi) is 1.54. The minimum absolute atomic E-state index is 0.491. The molecule has 0 radical (unpaired) electrons. The molecular weight excluding hydrogens is 148 g/mol. The van der Waals surface area contributed by atoms with Crippen molar-refractivity contribution in [3.05, 3.63) is 35.0 Å². The van der Waals surface area contributed by atoms with Crippen molar-refractivity contribution in [1.29, 1.82) is 0 Å². The first-order valence-electron chi connectivity index (χ1n) is 4.10. The van der Waals surface area contributed by atoms with E-state index in [4.69, 9.17) is 5.84 Å². The molecule has 0 aliphatic heterocycles. The maximum atomic E-state index is 5.71. The van der Waals surface area contributed by atoms with Gasteiger partial charge in [0.25, 0.3) is 0 Å². The lowest BCUT2D eigenvalue weighted by molar-refractivity contribution is 0.968. The maximum Gasteiger partial charge on any atom is 0.0686 e. The van der Waals surface area contributed by atoms with Gasteiger partial charge in [0.05, 0.1) is 5.35 Å². The summed E-state index contributed by atoms with van der Waals surface area (Å²) < 4.78 is 1.65. The van der Waals surface area contributed by atoms with Crippen LogP contribution in [0.1, 0.15) is 6.92 Å². The minimum atomic E-state index is 0.491. The Bertz CT molecular complexity index is 423. The third kappa shape index (κ3) is 1.05. The van der Waals surface area contributed by atoms with E-state index in [0.717, 1.165) is 5.35 Å². The van der Waals surface area contributed by atoms with Crippen LogP contribution in [0.3, 0.4) is 0 Å². The predicted octanol–water partition coefficient (Wildman–Crippen LogP) is -0.0312. The van der Waals surface area contributed by atoms with Gasteiger partial charge in [0.2, 0.25) is 0 Å². The van der Waals surface area contributed by atoms with Crippen LogP contribution in [0, 0.1) is 5.92 Å². The third-order valence-electron chi connectivity index (χ3n) is 2.10. The summed E-state index contributed by atoms with van der Waals surface area (Å²) in [6.45, 7) is 2.16. The second kappa shape index (κ2) is 2.55. The van der Waals surface area contributed by atoms with Crippen LogP contribution in [-0.2, 0) is 0 Å². The standard InChI is InChI=1S/C10H12N2/c1-8-3-2-4-10-9(7-8)5-6-12(10)11/h2-8H,11H2,1H3. The van der Waals surface area contributed by atoms with Crippen LogP contribution in [0.4, 0.5) is 0 Å². The lowest BCUT2D eigenvalue weighted by Gasteiger charge is -1.91. The Labute approximate surface area is 71.3 Å². The van der Waals surface area contributed by atoms with E-state index in [1.165, 1.54) is 5.22 Å². The molecule has 2 nitrogen and oxygen atoms in total. The molecule has 1 atom stereocenters. The van der Waals surface area contributed by atoms with Crippen molar-refractivity contribution >= 4 is 12.2 Å². The SMILES string of the molecule is CC1C=CC=c2c(ccn2N)=C1. The highest BCUT2D eigenvalue weighted by atomic mass is 15.3. The summed E-state index contributed by atoms with van der Waals surface area (Å²) in [4.78, 5) is 0. The zero-order valence-electron chi connectivity index (χ0n) is 7.07. The van der Waals surface area contributed by atoms with E-state index in [9.17, 15) is 0 Å². The van der Waals surface area contributed by atoms with Gasteiger partial charge in [-0.15, -0.1) is 0 Å². The van der Waals surface area contributed by atoms with Crippen LogP contribution in [0.15, 0.2) is 24.4 Å². The Balaban J connectivity index is 2.78. The van der Waals surface area contributed by atoms with Crippen molar-refractivity contribution in [2.45, 2.75) is 6.92 Å². The van der Waals surface area contributed by atoms with Gasteiger partial charge in [-0.3, -0.25) is 4.68 Å². The van der Waals surface area contributed by atoms with E-state index in [2.05, 4.69) is 25.2 Å². The van der Waals surface area contributed by atoms with Crippen molar-refractivity contribution in [1.82, 2.24) is 4.68 Å². The van der Waals surface area contributed by atoms with Crippen LogP contribution in [-0.4, -0.2) is 4.68 Å². The van der Waals surface area contributed by atoms with E-state index < -0.39 is 0 Å². The zero-order valence-corrected chi connectivity index (χ0v) is 7.07. The molecular formula is C10H12N2. The summed E-state index contributed by atoms with van der Waals surface area (Å²) in [5.74, 6) is 6.20. The molecule has 0 spiro atoms. The quantitative estimate of drug-likeness (QED) is 0.531. The molecule has 1 unspecified atom stereocenters. The van der Waals surface area contributed by atoms with E-state index >= 15 is 0 Å². The molecule has 0 fully saturated rings. The average Bonchev–Trinajstić information content (AvgIpc) is 2.31. The van der Waals surface area contributed by atoms with Gasteiger partial charge in [0.1, 0.15) is 0 Å². The van der Waals surface area contributed by atoms with Crippen LogP contribution in [0.25, 0.3) is 12.2 Å². The minimum Gasteiger partial charge on any atom is -0.339 e. The molecule has 0 saturated heterocycles. The Morgan fingerprint density at radius 3 is 3.17 bits per heavy atom. The number of hydrogen-bond donors (Lipinski definition) is 1. The average molecular weight is 160 g/mol. The first kappa shape index (κ1) is 7.22. The monoisotopic (exact) mass is 160 g/mol. The molecule has 1 aliphatic carbocycles. The summed E-state index contributed by atoms with van der Waals surface area (Å²) in [6, 6.07) is 2.04. The van der Waals surface area contributed by atoms with E-state index in [1.54, 1.807) is 4.68 Å². The molecule has 12 heavy (non-hydrogen) atoms. The largest absolute Gasteiger partial charge is 0.339 e. The highest BCUT2D eigenvalue weighted by Gasteiger charge is 1.97. The number of aromatic nitrogens is 1. The Morgan fingerprint density at radius 1 is 1.50 bits per heavy atom. The number of nitrogen functional groups attached to an aromatic ring is 1. The van der Waals surface area contributed by atoms with Gasteiger partial charge in [-0.2, -0.15) is 0 Å². The second-order valence-corrected chi connectivity index (χ2v) is 3.14. The highest BCUT2D eigenvalue weighted by Crippen LogP contribution is 1.99. The zero-order chi connectivity index (χ0) is 8.55. The van der Waals surface area contributed by atoms with Crippen molar-refractivity contribution < 1.29 is 0 Å². The van der Waals surface area contributed by atoms with Gasteiger partial charge in [-0.1, -0.05) is 25.2 Å². The summed E-state index contributed by atoms with van der Waals surface area (Å²) in [6.07, 6.45) is 10.3. The lowest BCUT2D eigenvalue weighted by atomic mass is 10.1. The van der Waals surface area contributed by atoms with Gasteiger partial charge >= 0.3 is 0 Å². The van der Waals surface area contributed by atoms with Gasteiger partial charge in [0.15, 0.2) is 0 Å². The Hall–Kier alpha value is -1.44. The van der Waals surface area contributed by atoms with Crippen molar-refractivity contribution in [2.24, 2.45) is 5.92 Å². The van der Waals surface area contributed by atoms with Crippen LogP contribution in [0.2, 0.25) is 0 Å². The summed E-state index contributed by atoms with van der Waals surface area (Å²) in [5, 5.41) is 2.30. The van der Waals surface area contributed by atoms with Crippen LogP contribution < -0.4 is 16.4 Å². The van der Waals surface area contributed by atoms with Crippen molar-refractivity contribution in [3.63, 3.8) is 0 Å². The molecule has 0 bridgehead atoms. The summed E-state index contributed by atoms with van der Waals surface area (Å²) >= 11 is 0. The molecule has 1 aromatic rings. The molecule has 2 heteroatoms. The molecule has 0 amide bonds. The first-order valence-corrected chi connectivity index (χ1v) is 4.10. The van der Waals surface area contributed by atoms with Gasteiger partial charge < -0.3 is 5.84 Å². The number of rotatable bonds is 0. The highest BCUT2D eigenvalue weighted by molar-refractivity contribution is 5.44. The topological polar surface area (TPSA) is 30.9 Å². The first-order chi connectivity index (χ1) is 5.77. The van der Waals surface area contributed by atoms with Gasteiger partial charge in [-0.25, -0.2) is 0 Å². The molecule has 0 aromatic carbocycles. The molecule has 1 aromatic heterocycles. The number of nitrogens with zero attached hydrogens (tertiary/aromatic N) is 1. The van der Waals surface area contributed by atoms with Crippen LogP contribution >= 0.6 is 0 Å². The molecule has 62 valence electrons. The molecule has 1 aliphatic rings. The molecule has 1 heterocycles. The fourth-order valence-corrected chi connectivity index (χ4v) is 1.46. The van der Waals surface area contributed by atoms with Crippen molar-refractivity contribution in [2.75, 3.05) is 5.84 Å². The second-order valence-electron chi connectivity index (χ2n) is 3.14. The maximum absolute atomic E-state index is 5.71. The number of nitrogens with two attached hydrogens (primary N) is 1. The smallest absolute Gasteiger partial charge is 0.0686 e. The number of fused-ring (bicyclic) bond motifs is 1. The van der Waals surface area contributed by atoms with E-state index in [-0.39, 0.29) is 0 Å². The van der Waals surface area contributed by atoms with Crippen molar-refractivity contribution in [3.8, 4) is 0 Å². The van der Waals surface area contributed by atoms with E-state index in [0.29, 0.717) is 5.92 Å². The molecule has 2 N–H and O–H groups in total. The lowest BCUT2D eigenvalue weighted by Crippen LogP contribution is -2.32. The Morgan fingerprint density at radius 2 is 2.33 bits per heavy atom. The molecule has 2 rings (SSSR count). The summed E-state index contributed by atoms with van der Waals surface area (Å²) in [7, 11) is 0. The summed E-state index contributed by atoms with van der Waals surface area (Å²) in [5.41, 5.74) is 0.